The van der Waals surface area contributed by atoms with Crippen molar-refractivity contribution in [2.24, 2.45) is 5.73 Å². The van der Waals surface area contributed by atoms with Gasteiger partial charge in [-0.15, -0.1) is 0 Å². The molecule has 7 heteroatoms. The van der Waals surface area contributed by atoms with Crippen molar-refractivity contribution in [2.45, 2.75) is 44.6 Å². The normalized spacial score (nSPS) is 17.7. The van der Waals surface area contributed by atoms with Crippen molar-refractivity contribution in [3.8, 4) is 0 Å². The van der Waals surface area contributed by atoms with E-state index in [1.807, 2.05) is 6.20 Å². The van der Waals surface area contributed by atoms with E-state index in [-0.39, 0.29) is 5.54 Å². The van der Waals surface area contributed by atoms with Crippen LogP contribution in [0.25, 0.3) is 0 Å². The number of aromatic nitrogens is 2. The van der Waals surface area contributed by atoms with Crippen LogP contribution >= 0.6 is 0 Å². The molecule has 1 saturated heterocycles. The molecule has 1 aliphatic heterocycles. The third kappa shape index (κ3) is 4.91. The minimum absolute atomic E-state index is 0.0624. The van der Waals surface area contributed by atoms with E-state index in [1.54, 1.807) is 0 Å². The summed E-state index contributed by atoms with van der Waals surface area (Å²) in [5.74, 6) is 2.15. The summed E-state index contributed by atoms with van der Waals surface area (Å²) in [7, 11) is 0. The molecular formula is C23H34N6O. The summed E-state index contributed by atoms with van der Waals surface area (Å²) in [5, 5.41) is 6.86. The number of nitrogens with zero attached hydrogens (tertiary/aromatic N) is 3. The Labute approximate surface area is 179 Å². The second-order valence-electron chi connectivity index (χ2n) is 8.71. The van der Waals surface area contributed by atoms with Gasteiger partial charge in [-0.1, -0.05) is 12.1 Å². The highest BCUT2D eigenvalue weighted by molar-refractivity contribution is 5.58. The van der Waals surface area contributed by atoms with Gasteiger partial charge < -0.3 is 21.1 Å². The predicted molar refractivity (Wildman–Crippen MR) is 121 cm³/mol. The second kappa shape index (κ2) is 9.29. The number of anilines is 3. The Morgan fingerprint density at radius 3 is 2.77 bits per heavy atom. The van der Waals surface area contributed by atoms with Crippen LogP contribution < -0.4 is 16.4 Å². The van der Waals surface area contributed by atoms with E-state index in [0.29, 0.717) is 18.4 Å². The molecule has 2 heterocycles. The molecular weight excluding hydrogens is 376 g/mol. The summed E-state index contributed by atoms with van der Waals surface area (Å²) >= 11 is 0. The molecule has 7 nitrogen and oxygen atoms in total. The molecule has 1 aromatic heterocycles. The van der Waals surface area contributed by atoms with Crippen LogP contribution in [-0.2, 0) is 10.3 Å². The molecule has 30 heavy (non-hydrogen) atoms. The van der Waals surface area contributed by atoms with E-state index in [1.165, 1.54) is 24.0 Å². The minimum atomic E-state index is -0.0624. The van der Waals surface area contributed by atoms with Gasteiger partial charge in [0.25, 0.3) is 0 Å². The zero-order valence-corrected chi connectivity index (χ0v) is 18.2. The number of nitrogens with one attached hydrogen (secondary N) is 2. The van der Waals surface area contributed by atoms with Crippen LogP contribution in [0.5, 0.6) is 0 Å². The van der Waals surface area contributed by atoms with Gasteiger partial charge in [0, 0.05) is 42.6 Å². The molecule has 0 spiro atoms. The summed E-state index contributed by atoms with van der Waals surface area (Å²) in [5.41, 5.74) is 9.07. The number of benzene rings is 1. The molecule has 0 radical (unpaired) electrons. The first kappa shape index (κ1) is 21.0. The van der Waals surface area contributed by atoms with Gasteiger partial charge in [-0.2, -0.15) is 4.98 Å². The Morgan fingerprint density at radius 2 is 2.03 bits per heavy atom. The molecule has 0 unspecified atom stereocenters. The molecule has 2 aromatic rings. The highest BCUT2D eigenvalue weighted by Crippen LogP contribution is 2.43. The molecule has 1 aromatic carbocycles. The van der Waals surface area contributed by atoms with Crippen LogP contribution in [0, 0.1) is 0 Å². The van der Waals surface area contributed by atoms with E-state index < -0.39 is 0 Å². The van der Waals surface area contributed by atoms with Crippen LogP contribution in [0.3, 0.4) is 0 Å². The van der Waals surface area contributed by atoms with Gasteiger partial charge in [0.05, 0.1) is 13.2 Å². The van der Waals surface area contributed by atoms with E-state index in [0.717, 1.165) is 50.8 Å². The first-order chi connectivity index (χ1) is 14.6. The molecule has 162 valence electrons. The van der Waals surface area contributed by atoms with E-state index in [4.69, 9.17) is 15.5 Å². The SMILES string of the molecule is CC(C)(c1cccc(Nc2ncc(C3CC3)c(NCCCN)n2)c1)N1CCOCC1. The summed E-state index contributed by atoms with van der Waals surface area (Å²) in [6, 6.07) is 8.56. The van der Waals surface area contributed by atoms with Crippen molar-refractivity contribution in [3.05, 3.63) is 41.6 Å². The smallest absolute Gasteiger partial charge is 0.229 e. The third-order valence-electron chi connectivity index (χ3n) is 6.13. The summed E-state index contributed by atoms with van der Waals surface area (Å²) in [4.78, 5) is 11.9. The summed E-state index contributed by atoms with van der Waals surface area (Å²) in [6.07, 6.45) is 5.34. The Morgan fingerprint density at radius 1 is 1.23 bits per heavy atom. The lowest BCUT2D eigenvalue weighted by molar-refractivity contribution is -0.0117. The third-order valence-corrected chi connectivity index (χ3v) is 6.13. The molecule has 4 rings (SSSR count). The number of morpholine rings is 1. The van der Waals surface area contributed by atoms with Crippen LogP contribution in [-0.4, -0.2) is 54.3 Å². The monoisotopic (exact) mass is 410 g/mol. The highest BCUT2D eigenvalue weighted by Gasteiger charge is 2.30. The first-order valence-corrected chi connectivity index (χ1v) is 11.1. The van der Waals surface area contributed by atoms with Crippen molar-refractivity contribution in [1.29, 1.82) is 0 Å². The Balaban J connectivity index is 1.51. The average molecular weight is 411 g/mol. The number of hydrogen-bond donors (Lipinski definition) is 3. The highest BCUT2D eigenvalue weighted by atomic mass is 16.5. The number of nitrogens with two attached hydrogens (primary N) is 1. The maximum absolute atomic E-state index is 5.64. The quantitative estimate of drug-likeness (QED) is 0.546. The fourth-order valence-electron chi connectivity index (χ4n) is 4.01. The first-order valence-electron chi connectivity index (χ1n) is 11.1. The molecule has 2 aliphatic rings. The molecule has 0 bridgehead atoms. The van der Waals surface area contributed by atoms with E-state index >= 15 is 0 Å². The van der Waals surface area contributed by atoms with Crippen LogP contribution in [0.1, 0.15) is 50.2 Å². The number of ether oxygens (including phenoxy) is 1. The second-order valence-corrected chi connectivity index (χ2v) is 8.71. The van der Waals surface area contributed by atoms with Gasteiger partial charge in [-0.25, -0.2) is 4.98 Å². The fourth-order valence-corrected chi connectivity index (χ4v) is 4.01. The van der Waals surface area contributed by atoms with Gasteiger partial charge >= 0.3 is 0 Å². The summed E-state index contributed by atoms with van der Waals surface area (Å²) in [6.45, 7) is 9.55. The van der Waals surface area contributed by atoms with Gasteiger partial charge in [-0.3, -0.25) is 4.90 Å². The van der Waals surface area contributed by atoms with Crippen LogP contribution in [0.15, 0.2) is 30.5 Å². The van der Waals surface area contributed by atoms with Crippen molar-refractivity contribution >= 4 is 17.5 Å². The van der Waals surface area contributed by atoms with E-state index in [2.05, 4.69) is 58.6 Å². The zero-order chi connectivity index (χ0) is 21.0. The molecule has 0 amide bonds. The molecule has 1 saturated carbocycles. The molecule has 1 aliphatic carbocycles. The largest absolute Gasteiger partial charge is 0.379 e. The molecule has 2 fully saturated rings. The van der Waals surface area contributed by atoms with Crippen molar-refractivity contribution < 1.29 is 4.74 Å². The average Bonchev–Trinajstić information content (AvgIpc) is 3.60. The van der Waals surface area contributed by atoms with Gasteiger partial charge in [0.1, 0.15) is 5.82 Å². The maximum atomic E-state index is 5.64. The predicted octanol–water partition coefficient (Wildman–Crippen LogP) is 3.43. The van der Waals surface area contributed by atoms with Gasteiger partial charge in [0.2, 0.25) is 5.95 Å². The molecule has 4 N–H and O–H groups in total. The van der Waals surface area contributed by atoms with Gasteiger partial charge in [-0.05, 0) is 63.3 Å². The maximum Gasteiger partial charge on any atom is 0.229 e. The number of hydrogen-bond acceptors (Lipinski definition) is 7. The summed E-state index contributed by atoms with van der Waals surface area (Å²) < 4.78 is 5.53. The lowest BCUT2D eigenvalue weighted by Gasteiger charge is -2.41. The van der Waals surface area contributed by atoms with Crippen LogP contribution in [0.2, 0.25) is 0 Å². The van der Waals surface area contributed by atoms with Crippen molar-refractivity contribution in [2.75, 3.05) is 50.0 Å². The van der Waals surface area contributed by atoms with Crippen molar-refractivity contribution in [1.82, 2.24) is 14.9 Å². The van der Waals surface area contributed by atoms with Gasteiger partial charge in [0.15, 0.2) is 0 Å². The topological polar surface area (TPSA) is 88.3 Å². The lowest BCUT2D eigenvalue weighted by Crippen LogP contribution is -2.47. The lowest BCUT2D eigenvalue weighted by atomic mass is 9.91. The number of rotatable bonds is 9. The van der Waals surface area contributed by atoms with Crippen molar-refractivity contribution in [3.63, 3.8) is 0 Å². The Kier molecular flexibility index (Phi) is 6.51. The Bertz CT molecular complexity index is 845. The van der Waals surface area contributed by atoms with E-state index in [9.17, 15) is 0 Å². The fraction of sp³-hybridized carbons (Fsp3) is 0.565. The molecule has 0 atom stereocenters. The Hall–Kier alpha value is -2.22. The zero-order valence-electron chi connectivity index (χ0n) is 18.2. The standard InChI is InChI=1S/C23H34N6O/c1-23(2,29-11-13-30-14-12-29)18-5-3-6-19(15-18)27-22-26-16-20(17-7-8-17)21(28-22)25-10-4-9-24/h3,5-6,15-17H,4,7-14,24H2,1-2H3,(H2,25,26,27,28). The van der Waals surface area contributed by atoms with Crippen LogP contribution in [0.4, 0.5) is 17.5 Å². The minimum Gasteiger partial charge on any atom is -0.379 e.